The largest absolute Gasteiger partial charge is 0.445 e. The summed E-state index contributed by atoms with van der Waals surface area (Å²) < 4.78 is 8.07. The quantitative estimate of drug-likeness (QED) is 0.251. The maximum atomic E-state index is 12.9. The van der Waals surface area contributed by atoms with E-state index in [0.717, 1.165) is 44.6 Å². The molecular formula is C33H41N3O2S. The first kappa shape index (κ1) is 27.8. The second-order valence-corrected chi connectivity index (χ2v) is 12.2. The molecule has 0 spiro atoms. The molecule has 1 amide bonds. The fourth-order valence-electron chi connectivity index (χ4n) is 6.18. The van der Waals surface area contributed by atoms with Gasteiger partial charge < -0.3 is 14.5 Å². The Hall–Kier alpha value is -2.80. The average molecular weight is 544 g/mol. The monoisotopic (exact) mass is 543 g/mol. The predicted molar refractivity (Wildman–Crippen MR) is 160 cm³/mol. The lowest BCUT2D eigenvalue weighted by Crippen LogP contribution is -2.48. The summed E-state index contributed by atoms with van der Waals surface area (Å²) >= 11 is 1.83. The average Bonchev–Trinajstić information content (AvgIpc) is 3.67. The van der Waals surface area contributed by atoms with E-state index < -0.39 is 0 Å². The lowest BCUT2D eigenvalue weighted by Gasteiger charge is -2.38. The molecule has 1 saturated carbocycles. The number of ether oxygens (including phenoxy) is 1. The molecule has 0 unspecified atom stereocenters. The first-order valence-corrected chi connectivity index (χ1v) is 15.0. The Bertz CT molecular complexity index is 1170. The molecule has 2 atom stereocenters. The van der Waals surface area contributed by atoms with E-state index in [0.29, 0.717) is 19.1 Å². The van der Waals surface area contributed by atoms with Crippen LogP contribution in [0.4, 0.5) is 4.79 Å². The van der Waals surface area contributed by atoms with E-state index in [2.05, 4.69) is 83.8 Å². The smallest absolute Gasteiger partial charge is 0.410 e. The highest BCUT2D eigenvalue weighted by atomic mass is 32.2. The van der Waals surface area contributed by atoms with Crippen molar-refractivity contribution in [3.05, 3.63) is 102 Å². The van der Waals surface area contributed by atoms with E-state index in [1.807, 2.05) is 47.2 Å². The Kier molecular flexibility index (Phi) is 9.28. The summed E-state index contributed by atoms with van der Waals surface area (Å²) in [5.41, 5.74) is 2.69. The van der Waals surface area contributed by atoms with Gasteiger partial charge in [-0.3, -0.25) is 0 Å². The van der Waals surface area contributed by atoms with Gasteiger partial charge >= 0.3 is 6.09 Å². The Balaban J connectivity index is 1.15. The van der Waals surface area contributed by atoms with E-state index in [9.17, 15) is 4.79 Å². The number of hydrogen-bond donors (Lipinski definition) is 0. The van der Waals surface area contributed by atoms with E-state index in [1.165, 1.54) is 16.9 Å². The molecule has 2 fully saturated rings. The van der Waals surface area contributed by atoms with Gasteiger partial charge in [0.1, 0.15) is 6.61 Å². The van der Waals surface area contributed by atoms with Crippen LogP contribution < -0.4 is 0 Å². The van der Waals surface area contributed by atoms with Gasteiger partial charge in [-0.15, -0.1) is 0 Å². The normalized spacial score (nSPS) is 21.6. The van der Waals surface area contributed by atoms with Crippen LogP contribution in [0, 0.1) is 5.92 Å². The maximum Gasteiger partial charge on any atom is 0.410 e. The fourth-order valence-corrected chi connectivity index (χ4v) is 7.12. The zero-order chi connectivity index (χ0) is 27.1. The lowest BCUT2D eigenvalue weighted by molar-refractivity contribution is 0.0620. The summed E-state index contributed by atoms with van der Waals surface area (Å²) in [5, 5.41) is 0. The van der Waals surface area contributed by atoms with Gasteiger partial charge in [-0.05, 0) is 74.4 Å². The van der Waals surface area contributed by atoms with Gasteiger partial charge in [0, 0.05) is 49.1 Å². The number of hydrogen-bond acceptors (Lipinski definition) is 5. The molecule has 3 aromatic rings. The SMILES string of the molecule is CCN(C(=O)OCc1ccccc1)C1CCN(C[C@H]2C[C@@]2(CN(C)Sc2ccccc2)c2ccccc2)CC1. The van der Waals surface area contributed by atoms with Crippen LogP contribution in [0.3, 0.4) is 0 Å². The number of benzene rings is 3. The molecule has 5 rings (SSSR count). The molecule has 206 valence electrons. The summed E-state index contributed by atoms with van der Waals surface area (Å²) in [6.45, 7) is 7.29. The van der Waals surface area contributed by atoms with Crippen LogP contribution in [0.5, 0.6) is 0 Å². The minimum atomic E-state index is -0.191. The Morgan fingerprint density at radius 1 is 0.949 bits per heavy atom. The zero-order valence-corrected chi connectivity index (χ0v) is 24.1. The van der Waals surface area contributed by atoms with Crippen molar-refractivity contribution in [1.82, 2.24) is 14.1 Å². The van der Waals surface area contributed by atoms with Crippen LogP contribution in [-0.2, 0) is 16.8 Å². The molecule has 1 aliphatic heterocycles. The molecule has 2 aliphatic rings. The van der Waals surface area contributed by atoms with Crippen molar-refractivity contribution in [2.24, 2.45) is 5.92 Å². The Morgan fingerprint density at radius 2 is 1.56 bits per heavy atom. The first-order valence-electron chi connectivity index (χ1n) is 14.3. The highest BCUT2D eigenvalue weighted by Crippen LogP contribution is 2.55. The molecule has 0 aromatic heterocycles. The van der Waals surface area contributed by atoms with Crippen LogP contribution in [0.2, 0.25) is 0 Å². The third-order valence-corrected chi connectivity index (χ3v) is 9.27. The van der Waals surface area contributed by atoms with E-state index in [4.69, 9.17) is 4.74 Å². The van der Waals surface area contributed by atoms with Crippen molar-refractivity contribution < 1.29 is 9.53 Å². The standard InChI is InChI=1S/C33H41N3O2S/c1-3-36(32(37)38-25-27-13-7-4-8-14-27)30-19-21-35(22-20-30)24-29-23-33(29,28-15-9-5-10-16-28)26-34(2)39-31-17-11-6-12-18-31/h4-18,29-30H,3,19-26H2,1-2H3/t29-,33-/m1/s1. The summed E-state index contributed by atoms with van der Waals surface area (Å²) in [7, 11) is 2.22. The third-order valence-electron chi connectivity index (χ3n) is 8.35. The summed E-state index contributed by atoms with van der Waals surface area (Å²) in [4.78, 5) is 18.7. The first-order chi connectivity index (χ1) is 19.1. The van der Waals surface area contributed by atoms with E-state index >= 15 is 0 Å². The number of likely N-dealkylation sites (tertiary alicyclic amines) is 1. The van der Waals surface area contributed by atoms with Gasteiger partial charge in [-0.1, -0.05) is 78.9 Å². The summed E-state index contributed by atoms with van der Waals surface area (Å²) in [6.07, 6.45) is 3.04. The number of piperidine rings is 1. The number of likely N-dealkylation sites (N-methyl/N-ethyl adjacent to an activating group) is 1. The number of amides is 1. The highest BCUT2D eigenvalue weighted by Gasteiger charge is 2.56. The van der Waals surface area contributed by atoms with Gasteiger partial charge in [-0.25, -0.2) is 9.10 Å². The van der Waals surface area contributed by atoms with Gasteiger partial charge in [-0.2, -0.15) is 0 Å². The van der Waals surface area contributed by atoms with E-state index in [-0.39, 0.29) is 17.6 Å². The predicted octanol–water partition coefficient (Wildman–Crippen LogP) is 6.71. The fraction of sp³-hybridized carbons (Fsp3) is 0.424. The molecule has 0 bridgehead atoms. The van der Waals surface area contributed by atoms with Crippen molar-refractivity contribution in [3.63, 3.8) is 0 Å². The van der Waals surface area contributed by atoms with Crippen LogP contribution in [0.1, 0.15) is 37.3 Å². The van der Waals surface area contributed by atoms with E-state index in [1.54, 1.807) is 0 Å². The van der Waals surface area contributed by atoms with Crippen molar-refractivity contribution in [3.8, 4) is 0 Å². The molecule has 5 nitrogen and oxygen atoms in total. The maximum absolute atomic E-state index is 12.9. The third kappa shape index (κ3) is 7.05. The summed E-state index contributed by atoms with van der Waals surface area (Å²) in [5.74, 6) is 0.647. The molecule has 0 radical (unpaired) electrons. The van der Waals surface area contributed by atoms with Crippen LogP contribution in [-0.4, -0.2) is 66.0 Å². The molecule has 39 heavy (non-hydrogen) atoms. The Labute approximate surface area is 238 Å². The van der Waals surface area contributed by atoms with Crippen LogP contribution >= 0.6 is 11.9 Å². The highest BCUT2D eigenvalue weighted by molar-refractivity contribution is 7.97. The molecule has 3 aromatic carbocycles. The van der Waals surface area contributed by atoms with Crippen molar-refractivity contribution in [2.75, 3.05) is 39.8 Å². The minimum absolute atomic E-state index is 0.191. The van der Waals surface area contributed by atoms with Crippen molar-refractivity contribution in [2.45, 2.75) is 49.1 Å². The molecule has 0 N–H and O–H groups in total. The van der Waals surface area contributed by atoms with Gasteiger partial charge in [0.05, 0.1) is 0 Å². The zero-order valence-electron chi connectivity index (χ0n) is 23.2. The van der Waals surface area contributed by atoms with Crippen LogP contribution in [0.15, 0.2) is 95.9 Å². The molecule has 6 heteroatoms. The number of carbonyl (C=O) groups excluding carboxylic acids is 1. The second kappa shape index (κ2) is 13.0. The number of nitrogens with zero attached hydrogens (tertiary/aromatic N) is 3. The van der Waals surface area contributed by atoms with Crippen LogP contribution in [0.25, 0.3) is 0 Å². The number of rotatable bonds is 11. The van der Waals surface area contributed by atoms with Gasteiger partial charge in [0.25, 0.3) is 0 Å². The van der Waals surface area contributed by atoms with Gasteiger partial charge in [0.2, 0.25) is 0 Å². The topological polar surface area (TPSA) is 36.0 Å². The number of carbonyl (C=O) groups is 1. The van der Waals surface area contributed by atoms with Crippen molar-refractivity contribution >= 4 is 18.0 Å². The molecule has 1 saturated heterocycles. The molecule has 1 heterocycles. The second-order valence-electron chi connectivity index (χ2n) is 11.0. The Morgan fingerprint density at radius 3 is 2.21 bits per heavy atom. The molecular weight excluding hydrogens is 502 g/mol. The molecule has 1 aliphatic carbocycles. The minimum Gasteiger partial charge on any atom is -0.445 e. The van der Waals surface area contributed by atoms with Gasteiger partial charge in [0.15, 0.2) is 0 Å². The summed E-state index contributed by atoms with van der Waals surface area (Å²) in [6, 6.07) is 31.9. The van der Waals surface area contributed by atoms with Crippen molar-refractivity contribution in [1.29, 1.82) is 0 Å². The lowest BCUT2D eigenvalue weighted by atomic mass is 9.92.